The monoisotopic (exact) mass is 352 g/mol. The smallest absolute Gasteiger partial charge is 0.272 e. The zero-order chi connectivity index (χ0) is 17.7. The van der Waals surface area contributed by atoms with Crippen molar-refractivity contribution in [2.24, 2.45) is 0 Å². The van der Waals surface area contributed by atoms with Gasteiger partial charge in [0.2, 0.25) is 0 Å². The SMILES string of the molecule is CN(C(=O)c1cnc[nH]1)C1CN(c2ccc3nnc(C4CCC4)n3n2)C1. The average Bonchev–Trinajstić information content (AvgIpc) is 3.21. The molecule has 0 unspecified atom stereocenters. The summed E-state index contributed by atoms with van der Waals surface area (Å²) in [6, 6.07) is 4.10. The third-order valence-corrected chi connectivity index (χ3v) is 5.53. The lowest BCUT2D eigenvalue weighted by Crippen LogP contribution is -2.60. The van der Waals surface area contributed by atoms with Crippen LogP contribution in [-0.2, 0) is 0 Å². The van der Waals surface area contributed by atoms with E-state index in [9.17, 15) is 4.79 Å². The maximum absolute atomic E-state index is 12.4. The summed E-state index contributed by atoms with van der Waals surface area (Å²) in [5.74, 6) is 2.31. The number of hydrogen-bond donors (Lipinski definition) is 1. The van der Waals surface area contributed by atoms with Gasteiger partial charge in [0.1, 0.15) is 11.5 Å². The van der Waals surface area contributed by atoms with Gasteiger partial charge in [0.25, 0.3) is 5.91 Å². The van der Waals surface area contributed by atoms with Crippen LogP contribution < -0.4 is 4.90 Å². The Kier molecular flexibility index (Phi) is 3.41. The van der Waals surface area contributed by atoms with E-state index in [0.29, 0.717) is 11.6 Å². The molecule has 9 nitrogen and oxygen atoms in total. The Morgan fingerprint density at radius 1 is 1.27 bits per heavy atom. The molecule has 134 valence electrons. The lowest BCUT2D eigenvalue weighted by atomic mass is 9.85. The molecule has 1 aliphatic heterocycles. The number of carbonyl (C=O) groups is 1. The maximum Gasteiger partial charge on any atom is 0.272 e. The van der Waals surface area contributed by atoms with Crippen LogP contribution in [0, 0.1) is 0 Å². The lowest BCUT2D eigenvalue weighted by molar-refractivity contribution is 0.0699. The van der Waals surface area contributed by atoms with Gasteiger partial charge in [-0.25, -0.2) is 4.98 Å². The van der Waals surface area contributed by atoms with E-state index >= 15 is 0 Å². The highest BCUT2D eigenvalue weighted by molar-refractivity contribution is 5.92. The predicted octanol–water partition coefficient (Wildman–Crippen LogP) is 1.08. The number of imidazole rings is 1. The normalized spacial score (nSPS) is 18.0. The molecular weight excluding hydrogens is 332 g/mol. The molecule has 2 aliphatic rings. The van der Waals surface area contributed by atoms with Gasteiger partial charge in [-0.2, -0.15) is 4.52 Å². The molecule has 1 amide bonds. The Labute approximate surface area is 150 Å². The zero-order valence-electron chi connectivity index (χ0n) is 14.5. The van der Waals surface area contributed by atoms with E-state index in [0.717, 1.165) is 30.4 Å². The Morgan fingerprint density at radius 2 is 2.12 bits per heavy atom. The van der Waals surface area contributed by atoms with Gasteiger partial charge in [0, 0.05) is 26.1 Å². The van der Waals surface area contributed by atoms with Crippen LogP contribution in [0.4, 0.5) is 5.82 Å². The fraction of sp³-hybridized carbons (Fsp3) is 0.471. The van der Waals surface area contributed by atoms with E-state index in [4.69, 9.17) is 5.10 Å². The Bertz CT molecular complexity index is 939. The zero-order valence-corrected chi connectivity index (χ0v) is 14.5. The van der Waals surface area contributed by atoms with Crippen molar-refractivity contribution in [1.29, 1.82) is 0 Å². The van der Waals surface area contributed by atoms with Gasteiger partial charge in [-0.1, -0.05) is 6.42 Å². The molecule has 2 fully saturated rings. The molecule has 5 rings (SSSR count). The van der Waals surface area contributed by atoms with E-state index in [1.54, 1.807) is 11.1 Å². The van der Waals surface area contributed by atoms with Crippen LogP contribution >= 0.6 is 0 Å². The largest absolute Gasteiger partial charge is 0.351 e. The van der Waals surface area contributed by atoms with Crippen LogP contribution in [0.15, 0.2) is 24.7 Å². The molecule has 3 aromatic rings. The lowest BCUT2D eigenvalue weighted by Gasteiger charge is -2.44. The highest BCUT2D eigenvalue weighted by Gasteiger charge is 2.34. The molecule has 1 aliphatic carbocycles. The number of nitrogens with one attached hydrogen (secondary N) is 1. The van der Waals surface area contributed by atoms with Crippen molar-refractivity contribution >= 4 is 17.4 Å². The summed E-state index contributed by atoms with van der Waals surface area (Å²) in [4.78, 5) is 23.1. The molecular formula is C17H20N8O. The van der Waals surface area contributed by atoms with Crippen molar-refractivity contribution in [1.82, 2.24) is 34.7 Å². The first-order valence-corrected chi connectivity index (χ1v) is 8.93. The standard InChI is InChI=1S/C17H20N8O/c1-23(17(26)13-7-18-10-19-13)12-8-24(9-12)15-6-5-14-20-21-16(25(14)22-15)11-3-2-4-11/h5-7,10-12H,2-4,8-9H2,1H3,(H,18,19). The van der Waals surface area contributed by atoms with Crippen LogP contribution in [0.1, 0.15) is 41.5 Å². The highest BCUT2D eigenvalue weighted by atomic mass is 16.2. The second kappa shape index (κ2) is 5.79. The molecule has 0 aromatic carbocycles. The minimum Gasteiger partial charge on any atom is -0.351 e. The van der Waals surface area contributed by atoms with E-state index in [-0.39, 0.29) is 11.9 Å². The number of fused-ring (bicyclic) bond motifs is 1. The van der Waals surface area contributed by atoms with Crippen LogP contribution in [0.25, 0.3) is 5.65 Å². The topological polar surface area (TPSA) is 95.3 Å². The number of nitrogens with zero attached hydrogens (tertiary/aromatic N) is 7. The van der Waals surface area contributed by atoms with Crippen molar-refractivity contribution in [3.8, 4) is 0 Å². The van der Waals surface area contributed by atoms with E-state index in [2.05, 4.69) is 25.1 Å². The molecule has 9 heteroatoms. The molecule has 1 saturated carbocycles. The summed E-state index contributed by atoms with van der Waals surface area (Å²) < 4.78 is 1.88. The van der Waals surface area contributed by atoms with Crippen molar-refractivity contribution < 1.29 is 4.79 Å². The summed E-state index contributed by atoms with van der Waals surface area (Å²) in [5, 5.41) is 13.3. The third-order valence-electron chi connectivity index (χ3n) is 5.53. The third kappa shape index (κ3) is 2.34. The summed E-state index contributed by atoms with van der Waals surface area (Å²) in [6.07, 6.45) is 6.66. The van der Waals surface area contributed by atoms with Crippen molar-refractivity contribution in [2.75, 3.05) is 25.0 Å². The van der Waals surface area contributed by atoms with Crippen molar-refractivity contribution in [3.05, 3.63) is 36.2 Å². The number of anilines is 1. The molecule has 0 atom stereocenters. The van der Waals surface area contributed by atoms with Crippen LogP contribution in [-0.4, -0.2) is 66.8 Å². The summed E-state index contributed by atoms with van der Waals surface area (Å²) in [5.41, 5.74) is 1.30. The molecule has 4 heterocycles. The first-order chi connectivity index (χ1) is 12.7. The quantitative estimate of drug-likeness (QED) is 0.755. The average molecular weight is 352 g/mol. The molecule has 0 spiro atoms. The fourth-order valence-electron chi connectivity index (χ4n) is 3.50. The van der Waals surface area contributed by atoms with E-state index in [1.807, 2.05) is 23.7 Å². The fourth-order valence-corrected chi connectivity index (χ4v) is 3.50. The van der Waals surface area contributed by atoms with Gasteiger partial charge in [-0.3, -0.25) is 4.79 Å². The van der Waals surface area contributed by atoms with Gasteiger partial charge >= 0.3 is 0 Å². The van der Waals surface area contributed by atoms with Gasteiger partial charge in [-0.15, -0.1) is 15.3 Å². The molecule has 1 N–H and O–H groups in total. The second-order valence-electron chi connectivity index (χ2n) is 7.09. The second-order valence-corrected chi connectivity index (χ2v) is 7.09. The van der Waals surface area contributed by atoms with Crippen LogP contribution in [0.3, 0.4) is 0 Å². The summed E-state index contributed by atoms with van der Waals surface area (Å²) in [7, 11) is 1.83. The Balaban J connectivity index is 1.30. The molecule has 1 saturated heterocycles. The summed E-state index contributed by atoms with van der Waals surface area (Å²) in [6.45, 7) is 1.52. The van der Waals surface area contributed by atoms with Gasteiger partial charge < -0.3 is 14.8 Å². The molecule has 0 radical (unpaired) electrons. The first kappa shape index (κ1) is 15.3. The van der Waals surface area contributed by atoms with Gasteiger partial charge in [-0.05, 0) is 25.0 Å². The molecule has 0 bridgehead atoms. The van der Waals surface area contributed by atoms with Crippen molar-refractivity contribution in [3.63, 3.8) is 0 Å². The minimum absolute atomic E-state index is 0.0401. The van der Waals surface area contributed by atoms with Gasteiger partial charge in [0.05, 0.1) is 18.6 Å². The van der Waals surface area contributed by atoms with Gasteiger partial charge in [0.15, 0.2) is 11.5 Å². The van der Waals surface area contributed by atoms with E-state index < -0.39 is 0 Å². The van der Waals surface area contributed by atoms with Crippen molar-refractivity contribution in [2.45, 2.75) is 31.2 Å². The minimum atomic E-state index is -0.0401. The summed E-state index contributed by atoms with van der Waals surface area (Å²) >= 11 is 0. The van der Waals surface area contributed by atoms with Crippen LogP contribution in [0.2, 0.25) is 0 Å². The number of rotatable bonds is 4. The highest BCUT2D eigenvalue weighted by Crippen LogP contribution is 2.35. The van der Waals surface area contributed by atoms with E-state index in [1.165, 1.54) is 25.6 Å². The number of aromatic amines is 1. The number of aromatic nitrogens is 6. The number of carbonyl (C=O) groups excluding carboxylic acids is 1. The maximum atomic E-state index is 12.4. The molecule has 26 heavy (non-hydrogen) atoms. The molecule has 3 aromatic heterocycles. The first-order valence-electron chi connectivity index (χ1n) is 8.93. The Morgan fingerprint density at radius 3 is 2.81 bits per heavy atom. The predicted molar refractivity (Wildman–Crippen MR) is 94.1 cm³/mol. The van der Waals surface area contributed by atoms with Crippen LogP contribution in [0.5, 0.6) is 0 Å². The Hall–Kier alpha value is -2.97. The number of amides is 1. The number of H-pyrrole nitrogens is 1. The number of hydrogen-bond acceptors (Lipinski definition) is 6. The number of likely N-dealkylation sites (N-methyl/N-ethyl adjacent to an activating group) is 1.